The van der Waals surface area contributed by atoms with Gasteiger partial charge in [-0.25, -0.2) is 0 Å². The summed E-state index contributed by atoms with van der Waals surface area (Å²) < 4.78 is 0. The van der Waals surface area contributed by atoms with Crippen LogP contribution < -0.4 is 5.32 Å². The van der Waals surface area contributed by atoms with Gasteiger partial charge in [-0.15, -0.1) is 0 Å². The summed E-state index contributed by atoms with van der Waals surface area (Å²) in [7, 11) is 0. The van der Waals surface area contributed by atoms with Gasteiger partial charge in [0.2, 0.25) is 5.91 Å². The molecule has 1 amide bonds. The fraction of sp³-hybridized carbons (Fsp3) is 0.222. The van der Waals surface area contributed by atoms with E-state index in [4.69, 9.17) is 0 Å². The van der Waals surface area contributed by atoms with E-state index >= 15 is 0 Å². The molecule has 1 aliphatic heterocycles. The van der Waals surface area contributed by atoms with Gasteiger partial charge in [-0.05, 0) is 19.1 Å². The molecule has 0 saturated heterocycles. The molecule has 1 aromatic rings. The van der Waals surface area contributed by atoms with Crippen LogP contribution in [0.1, 0.15) is 18.4 Å². The van der Waals surface area contributed by atoms with Crippen molar-refractivity contribution in [3.63, 3.8) is 0 Å². The Hall–Kier alpha value is -1.51. The maximum Gasteiger partial charge on any atom is 0.231 e. The number of anilines is 1. The maximum absolute atomic E-state index is 11.2. The van der Waals surface area contributed by atoms with Crippen molar-refractivity contribution in [2.24, 2.45) is 0 Å². The van der Waals surface area contributed by atoms with Crippen LogP contribution in [0.2, 0.25) is 0 Å². The second-order valence-corrected chi connectivity index (χ2v) is 2.95. The van der Waals surface area contributed by atoms with Gasteiger partial charge in [-0.1, -0.05) is 6.07 Å². The standard InChI is InChI=1S/C9H9NO2/c1-5-8-6(10-9(5)12)3-2-4-7(8)11/h2-5,11H,1H3,(H,10,12). The third kappa shape index (κ3) is 0.794. The SMILES string of the molecule is CC1C(=O)Nc2cccc(O)c21. The number of aromatic hydroxyl groups is 1. The summed E-state index contributed by atoms with van der Waals surface area (Å²) in [5.41, 5.74) is 1.44. The Balaban J connectivity index is 2.62. The number of amides is 1. The molecule has 0 aromatic heterocycles. The smallest absolute Gasteiger partial charge is 0.231 e. The number of hydrogen-bond acceptors (Lipinski definition) is 2. The van der Waals surface area contributed by atoms with Crippen molar-refractivity contribution in [2.45, 2.75) is 12.8 Å². The molecular weight excluding hydrogens is 154 g/mol. The van der Waals surface area contributed by atoms with Crippen LogP contribution >= 0.6 is 0 Å². The van der Waals surface area contributed by atoms with Gasteiger partial charge in [0.25, 0.3) is 0 Å². The Bertz CT molecular complexity index is 346. The lowest BCUT2D eigenvalue weighted by Crippen LogP contribution is -2.08. The molecule has 1 aliphatic rings. The molecule has 1 atom stereocenters. The first-order chi connectivity index (χ1) is 5.70. The van der Waals surface area contributed by atoms with Crippen LogP contribution in [0.3, 0.4) is 0 Å². The van der Waals surface area contributed by atoms with E-state index in [1.165, 1.54) is 0 Å². The Morgan fingerprint density at radius 2 is 2.25 bits per heavy atom. The van der Waals surface area contributed by atoms with Gasteiger partial charge >= 0.3 is 0 Å². The summed E-state index contributed by atoms with van der Waals surface area (Å²) >= 11 is 0. The highest BCUT2D eigenvalue weighted by atomic mass is 16.3. The topological polar surface area (TPSA) is 49.3 Å². The zero-order chi connectivity index (χ0) is 8.72. The minimum Gasteiger partial charge on any atom is -0.508 e. The molecule has 1 aromatic carbocycles. The number of hydrogen-bond donors (Lipinski definition) is 2. The fourth-order valence-corrected chi connectivity index (χ4v) is 1.49. The van der Waals surface area contributed by atoms with Gasteiger partial charge in [0.1, 0.15) is 5.75 Å². The number of carbonyl (C=O) groups is 1. The first-order valence-corrected chi connectivity index (χ1v) is 3.83. The number of fused-ring (bicyclic) bond motifs is 1. The van der Waals surface area contributed by atoms with Crippen molar-refractivity contribution in [3.8, 4) is 5.75 Å². The van der Waals surface area contributed by atoms with Crippen molar-refractivity contribution >= 4 is 11.6 Å². The van der Waals surface area contributed by atoms with Crippen molar-refractivity contribution in [1.29, 1.82) is 0 Å². The van der Waals surface area contributed by atoms with E-state index in [2.05, 4.69) is 5.32 Å². The molecule has 12 heavy (non-hydrogen) atoms. The molecule has 0 spiro atoms. The molecule has 0 bridgehead atoms. The highest BCUT2D eigenvalue weighted by molar-refractivity contribution is 6.03. The highest BCUT2D eigenvalue weighted by Gasteiger charge is 2.28. The first-order valence-electron chi connectivity index (χ1n) is 3.83. The number of phenols is 1. The second kappa shape index (κ2) is 2.24. The monoisotopic (exact) mass is 163 g/mol. The third-order valence-electron chi connectivity index (χ3n) is 2.17. The van der Waals surface area contributed by atoms with Crippen molar-refractivity contribution in [2.75, 3.05) is 5.32 Å². The highest BCUT2D eigenvalue weighted by Crippen LogP contribution is 2.37. The predicted octanol–water partition coefficient (Wildman–Crippen LogP) is 1.45. The van der Waals surface area contributed by atoms with Crippen LogP contribution in [-0.2, 0) is 4.79 Å². The minimum absolute atomic E-state index is 0.0495. The molecule has 0 fully saturated rings. The Labute approximate surface area is 70.0 Å². The van der Waals surface area contributed by atoms with Crippen LogP contribution in [0.25, 0.3) is 0 Å². The quantitative estimate of drug-likeness (QED) is 0.608. The number of rotatable bonds is 0. The van der Waals surface area contributed by atoms with E-state index in [-0.39, 0.29) is 17.6 Å². The van der Waals surface area contributed by atoms with E-state index in [0.717, 1.165) is 5.69 Å². The molecule has 2 rings (SSSR count). The van der Waals surface area contributed by atoms with Crippen LogP contribution in [0.4, 0.5) is 5.69 Å². The first kappa shape index (κ1) is 7.16. The summed E-state index contributed by atoms with van der Waals surface area (Å²) in [5.74, 6) is -0.0916. The van der Waals surface area contributed by atoms with E-state index in [1.807, 2.05) is 0 Å². The summed E-state index contributed by atoms with van der Waals surface area (Å²) in [5, 5.41) is 12.1. The number of carbonyl (C=O) groups excluding carboxylic acids is 1. The lowest BCUT2D eigenvalue weighted by atomic mass is 10.0. The summed E-state index contributed by atoms with van der Waals surface area (Å²) in [6.45, 7) is 1.78. The van der Waals surface area contributed by atoms with Gasteiger partial charge in [0.05, 0.1) is 5.92 Å². The third-order valence-corrected chi connectivity index (χ3v) is 2.17. The predicted molar refractivity (Wildman–Crippen MR) is 45.2 cm³/mol. The minimum atomic E-state index is -0.235. The van der Waals surface area contributed by atoms with Gasteiger partial charge in [0, 0.05) is 11.3 Å². The molecule has 0 saturated carbocycles. The van der Waals surface area contributed by atoms with E-state index in [0.29, 0.717) is 5.56 Å². The van der Waals surface area contributed by atoms with E-state index < -0.39 is 0 Å². The van der Waals surface area contributed by atoms with Gasteiger partial charge in [-0.2, -0.15) is 0 Å². The molecule has 2 N–H and O–H groups in total. The summed E-state index contributed by atoms with van der Waals surface area (Å²) in [4.78, 5) is 11.2. The summed E-state index contributed by atoms with van der Waals surface area (Å²) in [6.07, 6.45) is 0. The van der Waals surface area contributed by atoms with Crippen LogP contribution in [0, 0.1) is 0 Å². The number of nitrogens with one attached hydrogen (secondary N) is 1. The normalized spacial score (nSPS) is 20.4. The molecule has 3 heteroatoms. The van der Waals surface area contributed by atoms with Crippen molar-refractivity contribution < 1.29 is 9.90 Å². The average molecular weight is 163 g/mol. The van der Waals surface area contributed by atoms with Crippen LogP contribution in [0.15, 0.2) is 18.2 Å². The number of phenolic OH excluding ortho intramolecular Hbond substituents is 1. The lowest BCUT2D eigenvalue weighted by molar-refractivity contribution is -0.116. The molecule has 0 radical (unpaired) electrons. The molecule has 1 unspecified atom stereocenters. The van der Waals surface area contributed by atoms with Gasteiger partial charge in [0.15, 0.2) is 0 Å². The Morgan fingerprint density at radius 1 is 1.50 bits per heavy atom. The maximum atomic E-state index is 11.2. The van der Waals surface area contributed by atoms with E-state index in [1.54, 1.807) is 25.1 Å². The Kier molecular flexibility index (Phi) is 1.33. The second-order valence-electron chi connectivity index (χ2n) is 2.95. The number of benzene rings is 1. The molecule has 1 heterocycles. The van der Waals surface area contributed by atoms with Crippen LogP contribution in [0.5, 0.6) is 5.75 Å². The zero-order valence-corrected chi connectivity index (χ0v) is 6.66. The molecule has 3 nitrogen and oxygen atoms in total. The molecular formula is C9H9NO2. The lowest BCUT2D eigenvalue weighted by Gasteiger charge is -2.02. The van der Waals surface area contributed by atoms with E-state index in [9.17, 15) is 9.90 Å². The van der Waals surface area contributed by atoms with Crippen molar-refractivity contribution in [1.82, 2.24) is 0 Å². The fourth-order valence-electron chi connectivity index (χ4n) is 1.49. The van der Waals surface area contributed by atoms with Crippen LogP contribution in [-0.4, -0.2) is 11.0 Å². The summed E-state index contributed by atoms with van der Waals surface area (Å²) in [6, 6.07) is 5.10. The molecule has 62 valence electrons. The van der Waals surface area contributed by atoms with Crippen molar-refractivity contribution in [3.05, 3.63) is 23.8 Å². The van der Waals surface area contributed by atoms with Gasteiger partial charge in [-0.3, -0.25) is 4.79 Å². The van der Waals surface area contributed by atoms with Gasteiger partial charge < -0.3 is 10.4 Å². The largest absolute Gasteiger partial charge is 0.508 e. The Morgan fingerprint density at radius 3 is 2.92 bits per heavy atom. The zero-order valence-electron chi connectivity index (χ0n) is 6.66. The average Bonchev–Trinajstić information content (AvgIpc) is 2.29. The molecule has 0 aliphatic carbocycles.